The first kappa shape index (κ1) is 17.1. The summed E-state index contributed by atoms with van der Waals surface area (Å²) < 4.78 is 10.6. The number of carbonyl (C=O) groups is 1. The predicted octanol–water partition coefficient (Wildman–Crippen LogP) is 2.74. The number of nitrogens with zero attached hydrogens (tertiary/aromatic N) is 2. The zero-order chi connectivity index (χ0) is 17.9. The Labute approximate surface area is 151 Å². The van der Waals surface area contributed by atoms with E-state index in [1.165, 1.54) is 6.26 Å². The predicted molar refractivity (Wildman–Crippen MR) is 96.3 cm³/mol. The van der Waals surface area contributed by atoms with E-state index in [1.54, 1.807) is 0 Å². The van der Waals surface area contributed by atoms with E-state index in [1.807, 2.05) is 24.3 Å². The normalized spacial score (nSPS) is 21.1. The lowest BCUT2D eigenvalue weighted by molar-refractivity contribution is 0.0973. The van der Waals surface area contributed by atoms with Crippen molar-refractivity contribution >= 4 is 17.3 Å². The van der Waals surface area contributed by atoms with Crippen molar-refractivity contribution in [2.45, 2.75) is 37.9 Å². The van der Waals surface area contributed by atoms with Crippen LogP contribution in [0.15, 0.2) is 35.1 Å². The van der Waals surface area contributed by atoms with E-state index in [-0.39, 0.29) is 18.1 Å². The summed E-state index contributed by atoms with van der Waals surface area (Å²) in [7, 11) is 0. The molecule has 1 amide bonds. The summed E-state index contributed by atoms with van der Waals surface area (Å²) in [5.74, 6) is -0.245. The number of aromatic nitrogens is 1. The molecule has 2 aliphatic rings. The molecule has 2 N–H and O–H groups in total. The van der Waals surface area contributed by atoms with Crippen LogP contribution in [0.25, 0.3) is 0 Å². The Bertz CT molecular complexity index is 744. The molecule has 1 unspecified atom stereocenters. The first-order valence-electron chi connectivity index (χ1n) is 9.11. The zero-order valence-electron chi connectivity index (χ0n) is 14.6. The number of piperidine rings is 1. The van der Waals surface area contributed by atoms with Gasteiger partial charge < -0.3 is 24.6 Å². The van der Waals surface area contributed by atoms with Crippen molar-refractivity contribution in [3.63, 3.8) is 0 Å². The zero-order valence-corrected chi connectivity index (χ0v) is 14.6. The minimum atomic E-state index is -0.245. The highest BCUT2D eigenvalue weighted by atomic mass is 16.5. The Hall–Kier alpha value is -2.38. The number of rotatable bonds is 4. The molecule has 2 aromatic rings. The number of amides is 1. The summed E-state index contributed by atoms with van der Waals surface area (Å²) in [6.45, 7) is 2.38. The molecule has 0 radical (unpaired) electrons. The van der Waals surface area contributed by atoms with Gasteiger partial charge in [0.05, 0.1) is 6.10 Å². The number of anilines is 2. The molecule has 1 atom stereocenters. The fourth-order valence-electron chi connectivity index (χ4n) is 3.52. The van der Waals surface area contributed by atoms with Gasteiger partial charge in [0.1, 0.15) is 23.6 Å². The van der Waals surface area contributed by atoms with Crippen LogP contribution < -0.4 is 10.2 Å². The van der Waals surface area contributed by atoms with Crippen LogP contribution in [0.3, 0.4) is 0 Å². The van der Waals surface area contributed by atoms with Gasteiger partial charge in [0.25, 0.3) is 5.91 Å². The quantitative estimate of drug-likeness (QED) is 0.875. The van der Waals surface area contributed by atoms with Crippen molar-refractivity contribution in [2.24, 2.45) is 0 Å². The molecule has 3 heterocycles. The van der Waals surface area contributed by atoms with Crippen LogP contribution in [-0.2, 0) is 4.74 Å². The molecule has 2 saturated heterocycles. The number of aliphatic hydroxyl groups is 1. The van der Waals surface area contributed by atoms with Crippen LogP contribution in [0.5, 0.6) is 0 Å². The second-order valence-corrected chi connectivity index (χ2v) is 6.83. The Morgan fingerprint density at radius 2 is 1.96 bits per heavy atom. The fraction of sp³-hybridized carbons (Fsp3) is 0.474. The van der Waals surface area contributed by atoms with Gasteiger partial charge in [-0.05, 0) is 49.9 Å². The van der Waals surface area contributed by atoms with Crippen LogP contribution >= 0.6 is 0 Å². The molecule has 0 aliphatic carbocycles. The van der Waals surface area contributed by atoms with Gasteiger partial charge in [-0.2, -0.15) is 0 Å². The van der Waals surface area contributed by atoms with Crippen molar-refractivity contribution in [1.29, 1.82) is 0 Å². The van der Waals surface area contributed by atoms with Gasteiger partial charge in [-0.15, -0.1) is 0 Å². The summed E-state index contributed by atoms with van der Waals surface area (Å²) in [5.41, 5.74) is 2.81. The molecule has 7 heteroatoms. The number of benzene rings is 1. The molecule has 0 saturated carbocycles. The standard InChI is InChI=1S/C19H23N3O4/c23-15-7-9-22(10-8-15)14-5-3-13(4-6-14)20-19(24)16-12-26-21-18(16)17-2-1-11-25-17/h3-6,12,15,17,23H,1-2,7-11H2,(H,20,24). The number of aliphatic hydroxyl groups excluding tert-OH is 1. The van der Waals surface area contributed by atoms with Gasteiger partial charge in [-0.1, -0.05) is 5.16 Å². The Balaban J connectivity index is 1.41. The number of nitrogens with one attached hydrogen (secondary N) is 1. The first-order valence-corrected chi connectivity index (χ1v) is 9.11. The summed E-state index contributed by atoms with van der Waals surface area (Å²) in [4.78, 5) is 14.8. The van der Waals surface area contributed by atoms with Crippen molar-refractivity contribution in [3.05, 3.63) is 41.8 Å². The molecule has 0 bridgehead atoms. The van der Waals surface area contributed by atoms with Crippen LogP contribution in [-0.4, -0.2) is 42.0 Å². The summed E-state index contributed by atoms with van der Waals surface area (Å²) in [6.07, 6.45) is 4.42. The lowest BCUT2D eigenvalue weighted by atomic mass is 10.1. The van der Waals surface area contributed by atoms with Crippen LogP contribution in [0.4, 0.5) is 11.4 Å². The molecule has 4 rings (SSSR count). The van der Waals surface area contributed by atoms with E-state index < -0.39 is 0 Å². The average molecular weight is 357 g/mol. The third-order valence-corrected chi connectivity index (χ3v) is 5.03. The maximum atomic E-state index is 12.6. The average Bonchev–Trinajstić information content (AvgIpc) is 3.34. The fourth-order valence-corrected chi connectivity index (χ4v) is 3.52. The molecular weight excluding hydrogens is 334 g/mol. The monoisotopic (exact) mass is 357 g/mol. The van der Waals surface area contributed by atoms with Crippen molar-refractivity contribution in [1.82, 2.24) is 5.16 Å². The number of hydrogen-bond acceptors (Lipinski definition) is 6. The van der Waals surface area contributed by atoms with Crippen molar-refractivity contribution in [3.8, 4) is 0 Å². The molecule has 26 heavy (non-hydrogen) atoms. The Morgan fingerprint density at radius 3 is 2.65 bits per heavy atom. The molecular formula is C19H23N3O4. The second kappa shape index (κ2) is 7.47. The smallest absolute Gasteiger partial charge is 0.261 e. The van der Waals surface area contributed by atoms with Gasteiger partial charge in [0.2, 0.25) is 0 Å². The van der Waals surface area contributed by atoms with E-state index in [0.717, 1.165) is 50.1 Å². The van der Waals surface area contributed by atoms with E-state index in [2.05, 4.69) is 15.4 Å². The number of hydrogen-bond donors (Lipinski definition) is 2. The minimum Gasteiger partial charge on any atom is -0.393 e. The van der Waals surface area contributed by atoms with E-state index >= 15 is 0 Å². The highest BCUT2D eigenvalue weighted by Gasteiger charge is 2.27. The van der Waals surface area contributed by atoms with Gasteiger partial charge in [0, 0.05) is 31.1 Å². The van der Waals surface area contributed by atoms with Crippen LogP contribution in [0.1, 0.15) is 47.8 Å². The van der Waals surface area contributed by atoms with Crippen molar-refractivity contribution in [2.75, 3.05) is 29.9 Å². The molecule has 2 aliphatic heterocycles. The lowest BCUT2D eigenvalue weighted by Gasteiger charge is -2.31. The molecule has 1 aromatic heterocycles. The number of ether oxygens (including phenoxy) is 1. The molecule has 1 aromatic carbocycles. The van der Waals surface area contributed by atoms with Crippen LogP contribution in [0, 0.1) is 0 Å². The minimum absolute atomic E-state index is 0.161. The second-order valence-electron chi connectivity index (χ2n) is 6.83. The highest BCUT2D eigenvalue weighted by molar-refractivity contribution is 6.04. The Kier molecular flexibility index (Phi) is 4.90. The van der Waals surface area contributed by atoms with E-state index in [4.69, 9.17) is 9.26 Å². The van der Waals surface area contributed by atoms with Crippen LogP contribution in [0.2, 0.25) is 0 Å². The lowest BCUT2D eigenvalue weighted by Crippen LogP contribution is -2.35. The maximum Gasteiger partial charge on any atom is 0.261 e. The summed E-state index contributed by atoms with van der Waals surface area (Å²) >= 11 is 0. The van der Waals surface area contributed by atoms with Gasteiger partial charge >= 0.3 is 0 Å². The first-order chi connectivity index (χ1) is 12.7. The largest absolute Gasteiger partial charge is 0.393 e. The van der Waals surface area contributed by atoms with Crippen molar-refractivity contribution < 1.29 is 19.2 Å². The maximum absolute atomic E-state index is 12.6. The summed E-state index contributed by atoms with van der Waals surface area (Å²) in [5, 5.41) is 16.5. The molecule has 138 valence electrons. The van der Waals surface area contributed by atoms with E-state index in [0.29, 0.717) is 17.9 Å². The Morgan fingerprint density at radius 1 is 1.19 bits per heavy atom. The third kappa shape index (κ3) is 3.59. The van der Waals surface area contributed by atoms with E-state index in [9.17, 15) is 9.90 Å². The topological polar surface area (TPSA) is 87.8 Å². The highest BCUT2D eigenvalue weighted by Crippen LogP contribution is 2.30. The van der Waals surface area contributed by atoms with Gasteiger partial charge in [0.15, 0.2) is 0 Å². The molecule has 2 fully saturated rings. The van der Waals surface area contributed by atoms with Gasteiger partial charge in [-0.3, -0.25) is 4.79 Å². The van der Waals surface area contributed by atoms with Gasteiger partial charge in [-0.25, -0.2) is 0 Å². The molecule has 7 nitrogen and oxygen atoms in total. The molecule has 0 spiro atoms. The number of carbonyl (C=O) groups excluding carboxylic acids is 1. The summed E-state index contributed by atoms with van der Waals surface area (Å²) in [6, 6.07) is 7.75. The third-order valence-electron chi connectivity index (χ3n) is 5.03. The SMILES string of the molecule is O=C(Nc1ccc(N2CCC(O)CC2)cc1)c1conc1C1CCCO1.